The topological polar surface area (TPSA) is 93.5 Å². The Kier molecular flexibility index (Phi) is 7.31. The first-order valence-electron chi connectivity index (χ1n) is 13.5. The van der Waals surface area contributed by atoms with Crippen LogP contribution >= 0.6 is 0 Å². The maximum absolute atomic E-state index is 14.7. The van der Waals surface area contributed by atoms with Crippen LogP contribution < -0.4 is 14.8 Å². The average molecular weight is 545 g/mol. The van der Waals surface area contributed by atoms with Crippen molar-refractivity contribution in [2.75, 3.05) is 45.2 Å². The van der Waals surface area contributed by atoms with E-state index in [1.807, 2.05) is 6.92 Å². The van der Waals surface area contributed by atoms with Crippen LogP contribution in [0.3, 0.4) is 0 Å². The van der Waals surface area contributed by atoms with Crippen LogP contribution in [0.1, 0.15) is 18.9 Å². The second-order valence-electron chi connectivity index (χ2n) is 10.4. The van der Waals surface area contributed by atoms with Gasteiger partial charge >= 0.3 is 0 Å². The molecule has 11 heteroatoms. The van der Waals surface area contributed by atoms with Gasteiger partial charge in [-0.25, -0.2) is 24.0 Å². The first-order valence-corrected chi connectivity index (χ1v) is 13.5. The highest BCUT2D eigenvalue weighted by atomic mass is 19.1. The van der Waals surface area contributed by atoms with Crippen LogP contribution in [0.5, 0.6) is 11.6 Å². The van der Waals surface area contributed by atoms with Crippen LogP contribution in [-0.4, -0.2) is 80.5 Å². The number of pyridine rings is 1. The van der Waals surface area contributed by atoms with Gasteiger partial charge in [0.25, 0.3) is 0 Å². The summed E-state index contributed by atoms with van der Waals surface area (Å²) in [6, 6.07) is 10.3. The number of likely N-dealkylation sites (N-methyl/N-ethyl adjacent to an activating group) is 1. The minimum Gasteiger partial charge on any atom is -0.490 e. The Bertz CT molecular complexity index is 1480. The highest BCUT2D eigenvalue weighted by Crippen LogP contribution is 2.35. The molecule has 1 atom stereocenters. The van der Waals surface area contributed by atoms with Crippen molar-refractivity contribution in [3.05, 3.63) is 60.3 Å². The quantitative estimate of drug-likeness (QED) is 0.409. The second kappa shape index (κ2) is 11.2. The van der Waals surface area contributed by atoms with E-state index >= 15 is 0 Å². The van der Waals surface area contributed by atoms with Crippen molar-refractivity contribution in [1.82, 2.24) is 34.5 Å². The first kappa shape index (κ1) is 26.1. The molecule has 0 saturated carbocycles. The zero-order valence-electron chi connectivity index (χ0n) is 23.0. The number of aromatic nitrogens is 5. The van der Waals surface area contributed by atoms with Crippen molar-refractivity contribution >= 4 is 11.6 Å². The highest BCUT2D eigenvalue weighted by molar-refractivity contribution is 5.73. The lowest BCUT2D eigenvalue weighted by Crippen LogP contribution is -2.43. The predicted octanol–water partition coefficient (Wildman–Crippen LogP) is 4.12. The van der Waals surface area contributed by atoms with Gasteiger partial charge in [-0.3, -0.25) is 4.90 Å². The lowest BCUT2D eigenvalue weighted by atomic mass is 10.0. The Labute approximate surface area is 232 Å². The summed E-state index contributed by atoms with van der Waals surface area (Å²) in [4.78, 5) is 18.0. The Morgan fingerprint density at radius 1 is 1.00 bits per heavy atom. The Hall–Kier alpha value is -4.09. The SMILES string of the molecule is C[C@H]1CCOc2c(cnn2C)-c2ncc(F)c(n2)Nc2cc(c(-c3ccc(CN4CCN(C)CC4)cc3)cn2)O1. The fourth-order valence-corrected chi connectivity index (χ4v) is 4.93. The van der Waals surface area contributed by atoms with E-state index in [9.17, 15) is 4.39 Å². The van der Waals surface area contributed by atoms with E-state index in [-0.39, 0.29) is 11.9 Å². The molecular weight excluding hydrogens is 511 g/mol. The largest absolute Gasteiger partial charge is 0.490 e. The molecule has 2 aliphatic heterocycles. The Morgan fingerprint density at radius 2 is 1.80 bits per heavy atom. The number of rotatable bonds is 3. The maximum atomic E-state index is 14.7. The van der Waals surface area contributed by atoms with E-state index < -0.39 is 5.82 Å². The lowest BCUT2D eigenvalue weighted by Gasteiger charge is -2.32. The van der Waals surface area contributed by atoms with Crippen molar-refractivity contribution in [1.29, 1.82) is 0 Å². The molecule has 208 valence electrons. The monoisotopic (exact) mass is 544 g/mol. The number of ether oxygens (including phenoxy) is 2. The number of hydrogen-bond donors (Lipinski definition) is 1. The van der Waals surface area contributed by atoms with Gasteiger partial charge in [0.15, 0.2) is 17.5 Å². The third kappa shape index (κ3) is 5.61. The molecular formula is C29H33FN8O2. The third-order valence-corrected chi connectivity index (χ3v) is 7.34. The number of hydrogen-bond acceptors (Lipinski definition) is 9. The van der Waals surface area contributed by atoms with Gasteiger partial charge in [0.05, 0.1) is 25.1 Å². The number of halogens is 1. The van der Waals surface area contributed by atoms with E-state index in [2.05, 4.69) is 66.5 Å². The summed E-state index contributed by atoms with van der Waals surface area (Å²) in [6.07, 6.45) is 4.97. The van der Waals surface area contributed by atoms with Gasteiger partial charge in [-0.2, -0.15) is 5.10 Å². The van der Waals surface area contributed by atoms with Crippen molar-refractivity contribution < 1.29 is 13.9 Å². The van der Waals surface area contributed by atoms with Crippen molar-refractivity contribution in [3.63, 3.8) is 0 Å². The van der Waals surface area contributed by atoms with E-state index in [0.717, 1.165) is 50.0 Å². The number of nitrogens with zero attached hydrogens (tertiary/aromatic N) is 7. The van der Waals surface area contributed by atoms with Gasteiger partial charge < -0.3 is 19.7 Å². The molecule has 0 unspecified atom stereocenters. The third-order valence-electron chi connectivity index (χ3n) is 7.34. The van der Waals surface area contributed by atoms with Crippen LogP contribution in [-0.2, 0) is 13.6 Å². The molecule has 0 spiro atoms. The van der Waals surface area contributed by atoms with Gasteiger partial charge in [0.1, 0.15) is 17.1 Å². The van der Waals surface area contributed by atoms with Crippen molar-refractivity contribution in [3.8, 4) is 34.1 Å². The number of nitrogens with one attached hydrogen (secondary N) is 1. The predicted molar refractivity (Wildman–Crippen MR) is 150 cm³/mol. The molecule has 0 radical (unpaired) electrons. The van der Waals surface area contributed by atoms with Crippen molar-refractivity contribution in [2.45, 2.75) is 26.0 Å². The molecule has 2 aliphatic rings. The summed E-state index contributed by atoms with van der Waals surface area (Å²) in [5, 5.41) is 7.28. The summed E-state index contributed by atoms with van der Waals surface area (Å²) < 4.78 is 28.8. The van der Waals surface area contributed by atoms with Crippen LogP contribution in [0.2, 0.25) is 0 Å². The summed E-state index contributed by atoms with van der Waals surface area (Å²) in [5.41, 5.74) is 3.70. The standard InChI is InChI=1S/C29H33FN8O2/c1-19-8-13-39-29-23(16-33-37(29)3)27-32-17-24(30)28(35-27)34-26-14-25(40-19)22(15-31-26)21-6-4-20(5-7-21)18-38-11-9-36(2)10-12-38/h4-7,14-17,19H,8-13,18H2,1-3H3,(H,31,32,34,35)/t19-/m0/s1. The molecule has 1 fully saturated rings. The minimum atomic E-state index is -0.597. The molecule has 5 heterocycles. The smallest absolute Gasteiger partial charge is 0.222 e. The molecule has 6 rings (SSSR count). The Morgan fingerprint density at radius 3 is 2.60 bits per heavy atom. The summed E-state index contributed by atoms with van der Waals surface area (Å²) >= 11 is 0. The lowest BCUT2D eigenvalue weighted by molar-refractivity contribution is 0.148. The second-order valence-corrected chi connectivity index (χ2v) is 10.4. The maximum Gasteiger partial charge on any atom is 0.222 e. The zero-order chi connectivity index (χ0) is 27.6. The van der Waals surface area contributed by atoms with Gasteiger partial charge in [-0.15, -0.1) is 0 Å². The number of anilines is 2. The van der Waals surface area contributed by atoms with E-state index in [0.29, 0.717) is 41.9 Å². The van der Waals surface area contributed by atoms with E-state index in [1.165, 1.54) is 5.56 Å². The van der Waals surface area contributed by atoms with Crippen LogP contribution in [0.15, 0.2) is 48.9 Å². The molecule has 0 amide bonds. The minimum absolute atomic E-state index is 0.00405. The fraction of sp³-hybridized carbons (Fsp3) is 0.379. The molecule has 4 aromatic rings. The normalized spacial score (nSPS) is 18.1. The summed E-state index contributed by atoms with van der Waals surface area (Å²) in [5.74, 6) is 1.28. The zero-order valence-corrected chi connectivity index (χ0v) is 23.0. The molecule has 3 aromatic heterocycles. The molecule has 1 saturated heterocycles. The van der Waals surface area contributed by atoms with Gasteiger partial charge in [-0.1, -0.05) is 24.3 Å². The van der Waals surface area contributed by atoms with E-state index in [4.69, 9.17) is 9.47 Å². The first-order chi connectivity index (χ1) is 19.4. The summed E-state index contributed by atoms with van der Waals surface area (Å²) in [7, 11) is 3.95. The van der Waals surface area contributed by atoms with Gasteiger partial charge in [-0.05, 0) is 25.1 Å². The number of fused-ring (bicyclic) bond motifs is 6. The van der Waals surface area contributed by atoms with Gasteiger partial charge in [0.2, 0.25) is 5.88 Å². The Balaban J connectivity index is 1.30. The van der Waals surface area contributed by atoms with Crippen LogP contribution in [0.4, 0.5) is 16.0 Å². The van der Waals surface area contributed by atoms with Crippen molar-refractivity contribution in [2.24, 2.45) is 7.05 Å². The average Bonchev–Trinajstić information content (AvgIpc) is 3.31. The van der Waals surface area contributed by atoms with Gasteiger partial charge in [0, 0.05) is 64.0 Å². The van der Waals surface area contributed by atoms with Crippen LogP contribution in [0.25, 0.3) is 22.5 Å². The van der Waals surface area contributed by atoms with Crippen LogP contribution in [0, 0.1) is 5.82 Å². The number of benzene rings is 1. The van der Waals surface area contributed by atoms with E-state index in [1.54, 1.807) is 30.2 Å². The molecule has 0 aliphatic carbocycles. The number of aryl methyl sites for hydroxylation is 1. The molecule has 1 N–H and O–H groups in total. The summed E-state index contributed by atoms with van der Waals surface area (Å²) in [6.45, 7) is 7.67. The number of piperazine rings is 1. The molecule has 1 aromatic carbocycles. The molecule has 4 bridgehead atoms. The molecule has 10 nitrogen and oxygen atoms in total. The highest BCUT2D eigenvalue weighted by Gasteiger charge is 2.20. The fourth-order valence-electron chi connectivity index (χ4n) is 4.93. The molecule has 40 heavy (non-hydrogen) atoms.